The molecule has 2 saturated heterocycles. The molecule has 0 radical (unpaired) electrons. The maximum absolute atomic E-state index is 13.0. The fraction of sp³-hybridized carbons (Fsp3) is 0.567. The van der Waals surface area contributed by atoms with E-state index in [4.69, 9.17) is 10.00 Å². The number of unbranched alkanes of at least 4 members (excludes halogenated alkanes) is 2. The van der Waals surface area contributed by atoms with Crippen LogP contribution in [-0.2, 0) is 4.74 Å². The lowest BCUT2D eigenvalue weighted by atomic mass is 9.78. The molecule has 38 heavy (non-hydrogen) atoms. The average molecular weight is 521 g/mol. The van der Waals surface area contributed by atoms with Crippen molar-refractivity contribution in [3.63, 3.8) is 0 Å². The zero-order chi connectivity index (χ0) is 27.2. The number of hydrogen-bond acceptors (Lipinski definition) is 6. The number of aliphatic hydroxyl groups excluding tert-OH is 2. The Morgan fingerprint density at radius 1 is 1.26 bits per heavy atom. The van der Waals surface area contributed by atoms with Gasteiger partial charge in [0.15, 0.2) is 5.82 Å². The molecule has 0 aliphatic carbocycles. The minimum absolute atomic E-state index is 0.0241. The zero-order valence-corrected chi connectivity index (χ0v) is 22.6. The van der Waals surface area contributed by atoms with E-state index in [-0.39, 0.29) is 30.7 Å². The van der Waals surface area contributed by atoms with Crippen LogP contribution in [0.2, 0.25) is 0 Å². The van der Waals surface area contributed by atoms with Crippen LogP contribution in [-0.4, -0.2) is 50.5 Å². The summed E-state index contributed by atoms with van der Waals surface area (Å²) in [6.45, 7) is 4.37. The molecule has 1 aromatic heterocycles. The molecule has 204 valence electrons. The first-order chi connectivity index (χ1) is 18.4. The number of benzene rings is 1. The molecule has 4 rings (SSSR count). The van der Waals surface area contributed by atoms with E-state index >= 15 is 0 Å². The molecule has 1 aromatic carbocycles. The van der Waals surface area contributed by atoms with Crippen LogP contribution in [0.25, 0.3) is 5.57 Å². The summed E-state index contributed by atoms with van der Waals surface area (Å²) >= 11 is 0. The summed E-state index contributed by atoms with van der Waals surface area (Å²) in [6, 6.07) is 8.19. The Hall–Kier alpha value is -2.99. The Bertz CT molecular complexity index is 1200. The quantitative estimate of drug-likeness (QED) is 0.294. The number of H-pyrrole nitrogens is 1. The highest BCUT2D eigenvalue weighted by atomic mass is 16.5. The molecule has 0 unspecified atom stereocenters. The van der Waals surface area contributed by atoms with E-state index in [9.17, 15) is 15.0 Å². The monoisotopic (exact) mass is 520 g/mol. The second-order valence-corrected chi connectivity index (χ2v) is 10.8. The number of carbonyl (C=O) groups is 1. The van der Waals surface area contributed by atoms with E-state index in [2.05, 4.69) is 47.3 Å². The van der Waals surface area contributed by atoms with Crippen LogP contribution in [0.3, 0.4) is 0 Å². The second-order valence-electron chi connectivity index (χ2n) is 10.8. The van der Waals surface area contributed by atoms with Crippen molar-refractivity contribution in [1.82, 2.24) is 9.97 Å². The summed E-state index contributed by atoms with van der Waals surface area (Å²) in [5.74, 6) is -0.118. The van der Waals surface area contributed by atoms with Gasteiger partial charge in [-0.2, -0.15) is 5.26 Å². The molecule has 3 heterocycles. The number of amides is 1. The number of aliphatic hydroxyl groups is 2. The third-order valence-electron chi connectivity index (χ3n) is 8.06. The van der Waals surface area contributed by atoms with Crippen molar-refractivity contribution in [1.29, 1.82) is 5.26 Å². The number of ether oxygens (including phenoxy) is 1. The van der Waals surface area contributed by atoms with Crippen LogP contribution in [0.1, 0.15) is 111 Å². The molecule has 2 bridgehead atoms. The number of nitriles is 1. The number of nitrogens with zero attached hydrogens (tertiary/aromatic N) is 2. The lowest BCUT2D eigenvalue weighted by molar-refractivity contribution is -0.168. The fourth-order valence-electron chi connectivity index (χ4n) is 6.07. The van der Waals surface area contributed by atoms with Crippen molar-refractivity contribution in [2.75, 3.05) is 18.5 Å². The van der Waals surface area contributed by atoms with Crippen molar-refractivity contribution < 1.29 is 19.7 Å². The summed E-state index contributed by atoms with van der Waals surface area (Å²) in [5, 5.41) is 32.1. The van der Waals surface area contributed by atoms with Crippen molar-refractivity contribution in [2.24, 2.45) is 0 Å². The molecule has 8 nitrogen and oxygen atoms in total. The van der Waals surface area contributed by atoms with Gasteiger partial charge in [0.05, 0.1) is 24.0 Å². The van der Waals surface area contributed by atoms with E-state index in [1.54, 1.807) is 0 Å². The maximum Gasteiger partial charge on any atom is 0.291 e. The summed E-state index contributed by atoms with van der Waals surface area (Å²) < 4.78 is 6.42. The third-order valence-corrected chi connectivity index (χ3v) is 8.06. The van der Waals surface area contributed by atoms with Gasteiger partial charge in [-0.05, 0) is 80.6 Å². The topological polar surface area (TPSA) is 131 Å². The van der Waals surface area contributed by atoms with E-state index in [1.807, 2.05) is 12.1 Å². The molecule has 3 atom stereocenters. The van der Waals surface area contributed by atoms with E-state index in [1.165, 1.54) is 11.8 Å². The predicted molar refractivity (Wildman–Crippen MR) is 147 cm³/mol. The maximum atomic E-state index is 13.0. The van der Waals surface area contributed by atoms with Gasteiger partial charge in [0.25, 0.3) is 5.91 Å². The number of nitrogens with one attached hydrogen (secondary N) is 2. The molecule has 0 saturated carbocycles. The van der Waals surface area contributed by atoms with Gasteiger partial charge in [0, 0.05) is 17.9 Å². The van der Waals surface area contributed by atoms with Crippen molar-refractivity contribution in [2.45, 2.75) is 95.2 Å². The highest BCUT2D eigenvalue weighted by molar-refractivity contribution is 6.03. The van der Waals surface area contributed by atoms with Gasteiger partial charge >= 0.3 is 0 Å². The predicted octanol–water partition coefficient (Wildman–Crippen LogP) is 5.45. The lowest BCUT2D eigenvalue weighted by Crippen LogP contribution is -2.46. The first kappa shape index (κ1) is 28.0. The fourth-order valence-corrected chi connectivity index (χ4v) is 6.07. The smallest absolute Gasteiger partial charge is 0.291 e. The minimum atomic E-state index is -0.564. The summed E-state index contributed by atoms with van der Waals surface area (Å²) in [4.78, 5) is 19.8. The molecule has 2 aromatic rings. The van der Waals surface area contributed by atoms with Gasteiger partial charge < -0.3 is 25.3 Å². The number of aromatic amines is 1. The van der Waals surface area contributed by atoms with Gasteiger partial charge in [0.1, 0.15) is 11.8 Å². The number of allylic oxidation sites excluding steroid dienone is 2. The van der Waals surface area contributed by atoms with Crippen molar-refractivity contribution in [3.8, 4) is 6.07 Å². The van der Waals surface area contributed by atoms with Crippen molar-refractivity contribution >= 4 is 17.2 Å². The summed E-state index contributed by atoms with van der Waals surface area (Å²) in [6.07, 6.45) is 12.4. The largest absolute Gasteiger partial charge is 0.396 e. The first-order valence-electron chi connectivity index (χ1n) is 13.9. The molecular weight excluding hydrogens is 480 g/mol. The Morgan fingerprint density at radius 3 is 2.74 bits per heavy atom. The van der Waals surface area contributed by atoms with Gasteiger partial charge in [-0.1, -0.05) is 38.8 Å². The van der Waals surface area contributed by atoms with Crippen LogP contribution in [0.4, 0.5) is 5.69 Å². The zero-order valence-electron chi connectivity index (χ0n) is 22.6. The summed E-state index contributed by atoms with van der Waals surface area (Å²) in [7, 11) is 0. The Morgan fingerprint density at radius 2 is 2.05 bits per heavy atom. The van der Waals surface area contributed by atoms with Crippen LogP contribution < -0.4 is 5.32 Å². The highest BCUT2D eigenvalue weighted by Crippen LogP contribution is 2.54. The molecule has 0 spiro atoms. The number of hydrogen-bond donors (Lipinski definition) is 4. The molecule has 4 N–H and O–H groups in total. The van der Waals surface area contributed by atoms with Crippen LogP contribution in [0.5, 0.6) is 0 Å². The number of imidazole rings is 1. The SMILES string of the molecule is CCC/C=C(\CCCC)c1cc([C@@H]2C[C@@]3(CCO)CC[C@@](CO)(C2)O3)ccc1NC(=O)c1ncc(C#N)[nH]1. The second kappa shape index (κ2) is 12.2. The number of aromatic nitrogens is 2. The molecule has 2 aliphatic rings. The number of carbonyl (C=O) groups excluding carboxylic acids is 1. The van der Waals surface area contributed by atoms with Gasteiger partial charge in [-0.3, -0.25) is 4.79 Å². The van der Waals surface area contributed by atoms with E-state index in [0.29, 0.717) is 12.1 Å². The molecule has 8 heteroatoms. The Balaban J connectivity index is 1.71. The Labute approximate surface area is 225 Å². The lowest BCUT2D eigenvalue weighted by Gasteiger charge is -2.43. The van der Waals surface area contributed by atoms with Gasteiger partial charge in [-0.25, -0.2) is 4.98 Å². The molecule has 1 amide bonds. The normalized spacial score (nSPS) is 24.8. The standard InChI is InChI=1S/C30H40N4O4/c1-3-5-7-21(8-6-4-2)25-15-22(9-10-26(25)34-28(37)27-32-19-24(18-31)33-27)23-16-29(13-14-35)11-12-30(17-23,20-36)38-29/h7,9-10,15,19,23,35-36H,3-6,8,11-14,16-17,20H2,1-2H3,(H,32,33)(H,34,37)/b21-7+/t23-,29+,30+/m1/s1. The highest BCUT2D eigenvalue weighted by Gasteiger charge is 2.54. The number of fused-ring (bicyclic) bond motifs is 2. The van der Waals surface area contributed by atoms with Crippen LogP contribution in [0.15, 0.2) is 30.5 Å². The minimum Gasteiger partial charge on any atom is -0.396 e. The van der Waals surface area contributed by atoms with Crippen LogP contribution >= 0.6 is 0 Å². The average Bonchev–Trinajstić information content (AvgIpc) is 3.52. The molecular formula is C30H40N4O4. The Kier molecular flexibility index (Phi) is 9.03. The number of anilines is 1. The van der Waals surface area contributed by atoms with Gasteiger partial charge in [-0.15, -0.1) is 0 Å². The summed E-state index contributed by atoms with van der Waals surface area (Å²) in [5.41, 5.74) is 3.34. The first-order valence-corrected chi connectivity index (χ1v) is 13.9. The van der Waals surface area contributed by atoms with Crippen molar-refractivity contribution in [3.05, 3.63) is 53.1 Å². The third kappa shape index (κ3) is 6.01. The van der Waals surface area contributed by atoms with E-state index in [0.717, 1.165) is 68.9 Å². The molecule has 2 fully saturated rings. The molecule has 2 aliphatic heterocycles. The van der Waals surface area contributed by atoms with Gasteiger partial charge in [0.2, 0.25) is 0 Å². The van der Waals surface area contributed by atoms with Crippen LogP contribution in [0, 0.1) is 11.3 Å². The van der Waals surface area contributed by atoms with E-state index < -0.39 is 17.1 Å². The number of rotatable bonds is 12.